The first-order chi connectivity index (χ1) is 17.6. The van der Waals surface area contributed by atoms with E-state index >= 15 is 4.39 Å². The second-order valence-electron chi connectivity index (χ2n) is 10.3. The van der Waals surface area contributed by atoms with Crippen molar-refractivity contribution in [2.45, 2.75) is 33.1 Å². The number of carbonyl (C=O) groups excluding carboxylic acids is 2. The first-order valence-corrected chi connectivity index (χ1v) is 12.2. The average Bonchev–Trinajstić information content (AvgIpc) is 2.92. The van der Waals surface area contributed by atoms with Crippen LogP contribution in [0, 0.1) is 11.2 Å². The lowest BCUT2D eigenvalue weighted by Gasteiger charge is -2.29. The van der Waals surface area contributed by atoms with Gasteiger partial charge < -0.3 is 4.74 Å². The summed E-state index contributed by atoms with van der Waals surface area (Å²) in [6, 6.07) is 27.6. The lowest BCUT2D eigenvalue weighted by molar-refractivity contribution is -0.580. The van der Waals surface area contributed by atoms with Crippen LogP contribution in [0.2, 0.25) is 0 Å². The monoisotopic (exact) mass is 496 g/mol. The van der Waals surface area contributed by atoms with Crippen molar-refractivity contribution in [2.24, 2.45) is 5.41 Å². The predicted octanol–water partition coefficient (Wildman–Crippen LogP) is 6.63. The Hall–Kier alpha value is -4.12. The van der Waals surface area contributed by atoms with E-state index in [0.717, 1.165) is 11.1 Å². The van der Waals surface area contributed by atoms with E-state index in [-0.39, 0.29) is 18.1 Å². The van der Waals surface area contributed by atoms with Crippen LogP contribution >= 0.6 is 0 Å². The van der Waals surface area contributed by atoms with Crippen molar-refractivity contribution in [1.82, 2.24) is 0 Å². The number of nitrogens with zero attached hydrogens (tertiary/aromatic N) is 1. The Morgan fingerprint density at radius 3 is 1.78 bits per heavy atom. The molecule has 0 N–H and O–H groups in total. The van der Waals surface area contributed by atoms with Crippen LogP contribution in [-0.2, 0) is 14.9 Å². The molecule has 1 aromatic heterocycles. The molecule has 4 rings (SSSR count). The fourth-order valence-electron chi connectivity index (χ4n) is 4.36. The van der Waals surface area contributed by atoms with Gasteiger partial charge in [-0.2, -0.15) is 0 Å². The van der Waals surface area contributed by atoms with E-state index in [2.05, 4.69) is 0 Å². The van der Waals surface area contributed by atoms with Gasteiger partial charge >= 0.3 is 11.9 Å². The van der Waals surface area contributed by atoms with Gasteiger partial charge in [-0.1, -0.05) is 78.9 Å². The number of hydrogen-bond acceptors (Lipinski definition) is 3. The number of pyridine rings is 1. The fourth-order valence-corrected chi connectivity index (χ4v) is 4.36. The van der Waals surface area contributed by atoms with Crippen molar-refractivity contribution < 1.29 is 23.3 Å². The molecule has 0 saturated heterocycles. The molecule has 0 aliphatic carbocycles. The number of halogens is 1. The Morgan fingerprint density at radius 1 is 0.730 bits per heavy atom. The third kappa shape index (κ3) is 5.36. The molecule has 1 heterocycles. The van der Waals surface area contributed by atoms with Gasteiger partial charge in [0.2, 0.25) is 0 Å². The summed E-state index contributed by atoms with van der Waals surface area (Å²) < 4.78 is 23.5. The summed E-state index contributed by atoms with van der Waals surface area (Å²) >= 11 is 0. The van der Waals surface area contributed by atoms with Crippen molar-refractivity contribution in [3.63, 3.8) is 0 Å². The summed E-state index contributed by atoms with van der Waals surface area (Å²) in [6.07, 6.45) is 3.32. The molecule has 0 saturated carbocycles. The Labute approximate surface area is 217 Å². The minimum Gasteiger partial charge on any atom is -0.464 e. The number of benzene rings is 3. The SMILES string of the molecule is CC(C)(COC(=O)C(C)(C)c1c(-c2ccccc2)ccc(-c2ccccc2)c1F)C(=O)[n+]1ccccc1. The van der Waals surface area contributed by atoms with Crippen molar-refractivity contribution >= 4 is 11.9 Å². The molecule has 0 unspecified atom stereocenters. The highest BCUT2D eigenvalue weighted by molar-refractivity contribution is 5.88. The minimum absolute atomic E-state index is 0.142. The maximum Gasteiger partial charge on any atom is 0.401 e. The lowest BCUT2D eigenvalue weighted by Crippen LogP contribution is -2.52. The first kappa shape index (κ1) is 26.0. The molecule has 0 radical (unpaired) electrons. The van der Waals surface area contributed by atoms with E-state index in [1.54, 1.807) is 58.3 Å². The van der Waals surface area contributed by atoms with Gasteiger partial charge in [-0.3, -0.25) is 4.79 Å². The van der Waals surface area contributed by atoms with E-state index in [1.165, 1.54) is 4.57 Å². The highest BCUT2D eigenvalue weighted by Crippen LogP contribution is 2.40. The summed E-state index contributed by atoms with van der Waals surface area (Å²) in [5, 5.41) is 0. The van der Waals surface area contributed by atoms with Gasteiger partial charge in [0.25, 0.3) is 0 Å². The molecule has 37 heavy (non-hydrogen) atoms. The Bertz CT molecular complexity index is 1400. The van der Waals surface area contributed by atoms with Crippen molar-refractivity contribution in [3.8, 4) is 22.3 Å². The van der Waals surface area contributed by atoms with Crippen LogP contribution in [0.3, 0.4) is 0 Å². The van der Waals surface area contributed by atoms with E-state index in [4.69, 9.17) is 4.74 Å². The quantitative estimate of drug-likeness (QED) is 0.213. The maximum atomic E-state index is 16.3. The van der Waals surface area contributed by atoms with Crippen molar-refractivity contribution in [2.75, 3.05) is 6.61 Å². The second-order valence-corrected chi connectivity index (χ2v) is 10.3. The smallest absolute Gasteiger partial charge is 0.401 e. The summed E-state index contributed by atoms with van der Waals surface area (Å²) in [6.45, 7) is 6.63. The third-order valence-corrected chi connectivity index (χ3v) is 6.54. The van der Waals surface area contributed by atoms with Crippen LogP contribution < -0.4 is 4.57 Å². The number of rotatable bonds is 7. The number of esters is 1. The Morgan fingerprint density at radius 2 is 1.22 bits per heavy atom. The molecule has 188 valence electrons. The molecule has 4 aromatic rings. The second kappa shape index (κ2) is 10.5. The summed E-state index contributed by atoms with van der Waals surface area (Å²) in [7, 11) is 0. The van der Waals surface area contributed by atoms with Gasteiger partial charge in [-0.15, -0.1) is 4.57 Å². The zero-order chi connectivity index (χ0) is 26.6. The molecule has 4 nitrogen and oxygen atoms in total. The van der Waals surface area contributed by atoms with E-state index in [1.807, 2.05) is 72.8 Å². The topological polar surface area (TPSA) is 47.3 Å². The lowest BCUT2D eigenvalue weighted by atomic mass is 9.78. The predicted molar refractivity (Wildman–Crippen MR) is 142 cm³/mol. The Balaban J connectivity index is 1.70. The van der Waals surface area contributed by atoms with Gasteiger partial charge in [0, 0.05) is 23.3 Å². The van der Waals surface area contributed by atoms with Gasteiger partial charge in [0.05, 0.1) is 5.41 Å². The summed E-state index contributed by atoms with van der Waals surface area (Å²) in [4.78, 5) is 26.6. The van der Waals surface area contributed by atoms with Crippen LogP contribution in [-0.4, -0.2) is 18.5 Å². The number of aromatic nitrogens is 1. The highest BCUT2D eigenvalue weighted by atomic mass is 19.1. The van der Waals surface area contributed by atoms with Gasteiger partial charge in [0.1, 0.15) is 17.8 Å². The first-order valence-electron chi connectivity index (χ1n) is 12.2. The maximum absolute atomic E-state index is 16.3. The molecule has 0 amide bonds. The van der Waals surface area contributed by atoms with E-state index in [0.29, 0.717) is 11.1 Å². The molecule has 0 spiro atoms. The molecule has 0 aliphatic rings. The van der Waals surface area contributed by atoms with E-state index in [9.17, 15) is 9.59 Å². The molecule has 5 heteroatoms. The standard InChI is InChI=1S/C32H31FNO3/c1-31(2,29(35)34-20-12-7-13-21-34)22-37-30(36)32(3,4)27-25(23-14-8-5-9-15-23)18-19-26(28(27)33)24-16-10-6-11-17-24/h5-21H,22H2,1-4H3/q+1. The molecular formula is C32H31FNO3+. The van der Waals surface area contributed by atoms with Crippen LogP contribution in [0.15, 0.2) is 103 Å². The Kier molecular flexibility index (Phi) is 7.35. The van der Waals surface area contributed by atoms with Crippen LogP contribution in [0.25, 0.3) is 22.3 Å². The summed E-state index contributed by atoms with van der Waals surface area (Å²) in [5.41, 5.74) is 0.488. The zero-order valence-electron chi connectivity index (χ0n) is 21.6. The van der Waals surface area contributed by atoms with Crippen LogP contribution in [0.1, 0.15) is 38.1 Å². The number of ether oxygens (including phenoxy) is 1. The molecule has 0 aliphatic heterocycles. The molecule has 3 aromatic carbocycles. The van der Waals surface area contributed by atoms with Crippen molar-refractivity contribution in [1.29, 1.82) is 0 Å². The normalized spacial score (nSPS) is 11.7. The van der Waals surface area contributed by atoms with Crippen molar-refractivity contribution in [3.05, 3.63) is 115 Å². The van der Waals surface area contributed by atoms with Gasteiger partial charge in [0.15, 0.2) is 12.4 Å². The third-order valence-electron chi connectivity index (χ3n) is 6.54. The molecular weight excluding hydrogens is 465 g/mol. The van der Waals surface area contributed by atoms with Gasteiger partial charge in [-0.05, 0) is 44.4 Å². The van der Waals surface area contributed by atoms with Gasteiger partial charge in [-0.25, -0.2) is 9.18 Å². The largest absolute Gasteiger partial charge is 0.464 e. The minimum atomic E-state index is -1.33. The molecule has 0 bridgehead atoms. The molecule has 0 atom stereocenters. The van der Waals surface area contributed by atoms with E-state index < -0.39 is 22.6 Å². The van der Waals surface area contributed by atoms with Crippen LogP contribution in [0.5, 0.6) is 0 Å². The fraction of sp³-hybridized carbons (Fsp3) is 0.219. The highest BCUT2D eigenvalue weighted by Gasteiger charge is 2.41. The molecule has 0 fully saturated rings. The number of carbonyl (C=O) groups is 2. The number of hydrogen-bond donors (Lipinski definition) is 0. The van der Waals surface area contributed by atoms with Crippen LogP contribution in [0.4, 0.5) is 4.39 Å². The zero-order valence-corrected chi connectivity index (χ0v) is 21.6. The summed E-state index contributed by atoms with van der Waals surface area (Å²) in [5.74, 6) is -1.28. The average molecular weight is 497 g/mol.